The number of aromatic nitrogens is 2. The van der Waals surface area contributed by atoms with Crippen molar-refractivity contribution in [3.63, 3.8) is 0 Å². The highest BCUT2D eigenvalue weighted by Crippen LogP contribution is 2.27. The monoisotopic (exact) mass is 251 g/mol. The second-order valence-corrected chi connectivity index (χ2v) is 4.17. The van der Waals surface area contributed by atoms with E-state index >= 15 is 0 Å². The second kappa shape index (κ2) is 5.16. The normalized spacial score (nSPS) is 10.8. The van der Waals surface area contributed by atoms with Crippen molar-refractivity contribution in [1.29, 1.82) is 0 Å². The lowest BCUT2D eigenvalue weighted by Gasteiger charge is -2.01. The first-order valence-electron chi connectivity index (χ1n) is 5.90. The van der Waals surface area contributed by atoms with Crippen molar-refractivity contribution in [3.05, 3.63) is 36.0 Å². The third-order valence-electron chi connectivity index (χ3n) is 2.72. The van der Waals surface area contributed by atoms with Crippen LogP contribution in [0.1, 0.15) is 19.8 Å². The highest BCUT2D eigenvalue weighted by Gasteiger charge is 2.13. The maximum absolute atomic E-state index is 13.6. The minimum Gasteiger partial charge on any atom is -0.396 e. The fraction of sp³-hybridized carbons (Fsp3) is 0.308. The molecule has 1 aromatic carbocycles. The van der Waals surface area contributed by atoms with E-state index in [2.05, 4.69) is 12.0 Å². The molecule has 0 spiro atoms. The lowest BCUT2D eigenvalue weighted by molar-refractivity contribution is 0.570. The molecule has 1 aromatic heterocycles. The van der Waals surface area contributed by atoms with Crippen LogP contribution < -0.4 is 5.73 Å². The molecule has 0 aliphatic carbocycles. The van der Waals surface area contributed by atoms with Gasteiger partial charge in [0.15, 0.2) is 0 Å². The topological polar surface area (TPSA) is 43.8 Å². The molecule has 0 radical (unpaired) electrons. The molecular weight excluding hydrogens is 236 g/mol. The van der Waals surface area contributed by atoms with Crippen molar-refractivity contribution in [2.75, 3.05) is 5.73 Å². The fourth-order valence-electron chi connectivity index (χ4n) is 1.76. The Hall–Kier alpha value is -1.91. The lowest BCUT2D eigenvalue weighted by Crippen LogP contribution is -1.98. The number of benzene rings is 1. The van der Waals surface area contributed by atoms with Crippen LogP contribution in [0.15, 0.2) is 24.4 Å². The van der Waals surface area contributed by atoms with Gasteiger partial charge in [0.25, 0.3) is 0 Å². The molecule has 18 heavy (non-hydrogen) atoms. The van der Waals surface area contributed by atoms with Crippen LogP contribution in [0.4, 0.5) is 14.5 Å². The van der Waals surface area contributed by atoms with E-state index in [-0.39, 0.29) is 5.56 Å². The van der Waals surface area contributed by atoms with Crippen molar-refractivity contribution < 1.29 is 8.78 Å². The van der Waals surface area contributed by atoms with Gasteiger partial charge in [0.2, 0.25) is 0 Å². The van der Waals surface area contributed by atoms with Crippen molar-refractivity contribution >= 4 is 5.69 Å². The van der Waals surface area contributed by atoms with Gasteiger partial charge in [-0.25, -0.2) is 8.78 Å². The fourth-order valence-corrected chi connectivity index (χ4v) is 1.76. The minimum atomic E-state index is -0.651. The van der Waals surface area contributed by atoms with Gasteiger partial charge in [0, 0.05) is 24.4 Å². The Morgan fingerprint density at radius 1 is 1.33 bits per heavy atom. The van der Waals surface area contributed by atoms with Gasteiger partial charge in [0.05, 0.1) is 5.69 Å². The SMILES string of the molecule is CCCCn1cc(N)c(-c2ccc(F)cc2F)n1. The minimum absolute atomic E-state index is 0.226. The predicted octanol–water partition coefficient (Wildman–Crippen LogP) is 3.21. The summed E-state index contributed by atoms with van der Waals surface area (Å²) in [5, 5.41) is 4.24. The Morgan fingerprint density at radius 3 is 2.78 bits per heavy atom. The molecule has 5 heteroatoms. The summed E-state index contributed by atoms with van der Waals surface area (Å²) in [4.78, 5) is 0. The molecular formula is C13H15F2N3. The Balaban J connectivity index is 2.35. The summed E-state index contributed by atoms with van der Waals surface area (Å²) < 4.78 is 28.2. The molecule has 0 fully saturated rings. The second-order valence-electron chi connectivity index (χ2n) is 4.17. The molecule has 0 bridgehead atoms. The third kappa shape index (κ3) is 2.50. The summed E-state index contributed by atoms with van der Waals surface area (Å²) in [5.41, 5.74) is 6.80. The summed E-state index contributed by atoms with van der Waals surface area (Å²) in [6.07, 6.45) is 3.69. The number of nitrogens with two attached hydrogens (primary N) is 1. The van der Waals surface area contributed by atoms with Crippen LogP contribution in [-0.4, -0.2) is 9.78 Å². The Labute approximate surface area is 104 Å². The number of halogens is 2. The van der Waals surface area contributed by atoms with Crippen LogP contribution in [0, 0.1) is 11.6 Å². The van der Waals surface area contributed by atoms with Crippen LogP contribution in [0.3, 0.4) is 0 Å². The Bertz CT molecular complexity index is 549. The van der Waals surface area contributed by atoms with Crippen molar-refractivity contribution in [1.82, 2.24) is 9.78 Å². The predicted molar refractivity (Wildman–Crippen MR) is 66.9 cm³/mol. The zero-order chi connectivity index (χ0) is 13.1. The van der Waals surface area contributed by atoms with E-state index < -0.39 is 11.6 Å². The maximum Gasteiger partial charge on any atom is 0.135 e. The zero-order valence-electron chi connectivity index (χ0n) is 10.2. The summed E-state index contributed by atoms with van der Waals surface area (Å²) in [7, 11) is 0. The van der Waals surface area contributed by atoms with E-state index in [9.17, 15) is 8.78 Å². The number of hydrogen-bond donors (Lipinski definition) is 1. The number of hydrogen-bond acceptors (Lipinski definition) is 2. The van der Waals surface area contributed by atoms with Crippen LogP contribution in [-0.2, 0) is 6.54 Å². The van der Waals surface area contributed by atoms with Gasteiger partial charge in [0.1, 0.15) is 17.3 Å². The van der Waals surface area contributed by atoms with Crippen LogP contribution in [0.25, 0.3) is 11.3 Å². The summed E-state index contributed by atoms with van der Waals surface area (Å²) in [6, 6.07) is 3.39. The first-order chi connectivity index (χ1) is 8.61. The van der Waals surface area contributed by atoms with Gasteiger partial charge < -0.3 is 5.73 Å². The number of unbranched alkanes of at least 4 members (excludes halogenated alkanes) is 1. The zero-order valence-corrected chi connectivity index (χ0v) is 10.2. The standard InChI is InChI=1S/C13H15F2N3/c1-2-3-6-18-8-12(16)13(17-18)10-5-4-9(14)7-11(10)15/h4-5,7-8H,2-3,6,16H2,1H3. The summed E-state index contributed by atoms with van der Waals surface area (Å²) in [6.45, 7) is 2.82. The van der Waals surface area contributed by atoms with E-state index in [0.29, 0.717) is 11.4 Å². The van der Waals surface area contributed by atoms with Crippen molar-refractivity contribution in [3.8, 4) is 11.3 Å². The van der Waals surface area contributed by atoms with Crippen LogP contribution in [0.5, 0.6) is 0 Å². The highest BCUT2D eigenvalue weighted by atomic mass is 19.1. The quantitative estimate of drug-likeness (QED) is 0.906. The van der Waals surface area contributed by atoms with Gasteiger partial charge >= 0.3 is 0 Å². The molecule has 2 aromatic rings. The molecule has 2 rings (SSSR count). The molecule has 1 heterocycles. The molecule has 0 saturated heterocycles. The van der Waals surface area contributed by atoms with Crippen LogP contribution >= 0.6 is 0 Å². The molecule has 3 nitrogen and oxygen atoms in total. The molecule has 2 N–H and O–H groups in total. The molecule has 0 amide bonds. The van der Waals surface area contributed by atoms with Gasteiger partial charge in [-0.1, -0.05) is 13.3 Å². The van der Waals surface area contributed by atoms with E-state index in [1.54, 1.807) is 10.9 Å². The van der Waals surface area contributed by atoms with Gasteiger partial charge in [-0.2, -0.15) is 5.10 Å². The number of nitrogen functional groups attached to an aromatic ring is 1. The molecule has 0 aliphatic heterocycles. The van der Waals surface area contributed by atoms with Gasteiger partial charge in [-0.15, -0.1) is 0 Å². The van der Waals surface area contributed by atoms with Gasteiger partial charge in [-0.05, 0) is 18.6 Å². The number of anilines is 1. The lowest BCUT2D eigenvalue weighted by atomic mass is 10.1. The molecule has 0 atom stereocenters. The summed E-state index contributed by atoms with van der Waals surface area (Å²) >= 11 is 0. The highest BCUT2D eigenvalue weighted by molar-refractivity contribution is 5.72. The average Bonchev–Trinajstić information content (AvgIpc) is 2.68. The first kappa shape index (κ1) is 12.5. The molecule has 0 aliphatic rings. The smallest absolute Gasteiger partial charge is 0.135 e. The van der Waals surface area contributed by atoms with E-state index in [4.69, 9.17) is 5.73 Å². The third-order valence-corrected chi connectivity index (χ3v) is 2.72. The van der Waals surface area contributed by atoms with E-state index in [0.717, 1.165) is 25.5 Å². The Kier molecular flexibility index (Phi) is 3.60. The average molecular weight is 251 g/mol. The largest absolute Gasteiger partial charge is 0.396 e. The van der Waals surface area contributed by atoms with Crippen LogP contribution in [0.2, 0.25) is 0 Å². The molecule has 96 valence electrons. The van der Waals surface area contributed by atoms with Crippen molar-refractivity contribution in [2.24, 2.45) is 0 Å². The van der Waals surface area contributed by atoms with Gasteiger partial charge in [-0.3, -0.25) is 4.68 Å². The van der Waals surface area contributed by atoms with Crippen molar-refractivity contribution in [2.45, 2.75) is 26.3 Å². The Morgan fingerprint density at radius 2 is 2.11 bits per heavy atom. The molecule has 0 saturated carbocycles. The first-order valence-corrected chi connectivity index (χ1v) is 5.90. The van der Waals surface area contributed by atoms with E-state index in [1.165, 1.54) is 12.1 Å². The summed E-state index contributed by atoms with van der Waals surface area (Å²) in [5.74, 6) is -1.26. The number of nitrogens with zero attached hydrogens (tertiary/aromatic N) is 2. The number of aryl methyl sites for hydroxylation is 1. The van der Waals surface area contributed by atoms with E-state index in [1.807, 2.05) is 0 Å². The number of rotatable bonds is 4. The molecule has 0 unspecified atom stereocenters. The maximum atomic E-state index is 13.6.